The Kier molecular flexibility index (Phi) is 3.94. The average Bonchev–Trinajstić information content (AvgIpc) is 2.59. The zero-order valence-corrected chi connectivity index (χ0v) is 11.9. The van der Waals surface area contributed by atoms with Gasteiger partial charge in [-0.15, -0.1) is 5.10 Å². The highest BCUT2D eigenvalue weighted by molar-refractivity contribution is 5.79. The number of aromatic nitrogens is 3. The molecule has 0 atom stereocenters. The molecule has 0 unspecified atom stereocenters. The van der Waals surface area contributed by atoms with Crippen molar-refractivity contribution in [2.24, 2.45) is 12.5 Å². The smallest absolute Gasteiger partial charge is 0.315 e. The Morgan fingerprint density at radius 2 is 1.94 bits per heavy atom. The summed E-state index contributed by atoms with van der Waals surface area (Å²) in [4.78, 5) is 12.0. The van der Waals surface area contributed by atoms with Crippen LogP contribution in [-0.4, -0.2) is 26.6 Å². The van der Waals surface area contributed by atoms with E-state index in [1.807, 2.05) is 34.6 Å². The number of nitrogens with zero attached hydrogens (tertiary/aromatic N) is 3. The van der Waals surface area contributed by atoms with Gasteiger partial charge in [-0.25, -0.2) is 0 Å². The van der Waals surface area contributed by atoms with Crippen molar-refractivity contribution in [3.63, 3.8) is 0 Å². The topological polar surface area (TPSA) is 57.0 Å². The highest BCUT2D eigenvalue weighted by atomic mass is 16.6. The van der Waals surface area contributed by atoms with E-state index in [2.05, 4.69) is 10.3 Å². The van der Waals surface area contributed by atoms with Crippen LogP contribution in [0.25, 0.3) is 6.08 Å². The van der Waals surface area contributed by atoms with Gasteiger partial charge in [0.05, 0.1) is 11.6 Å². The monoisotopic (exact) mass is 251 g/mol. The largest absolute Gasteiger partial charge is 0.459 e. The second-order valence-corrected chi connectivity index (χ2v) is 5.87. The molecule has 0 bridgehead atoms. The van der Waals surface area contributed by atoms with Crippen LogP contribution in [0.3, 0.4) is 0 Å². The maximum absolute atomic E-state index is 12.0. The summed E-state index contributed by atoms with van der Waals surface area (Å²) < 4.78 is 6.98. The Balaban J connectivity index is 2.75. The Morgan fingerprint density at radius 3 is 2.39 bits per heavy atom. The summed E-state index contributed by atoms with van der Waals surface area (Å²) >= 11 is 0. The van der Waals surface area contributed by atoms with Crippen LogP contribution >= 0.6 is 0 Å². The number of aryl methyl sites for hydroxylation is 1. The first-order valence-electron chi connectivity index (χ1n) is 5.89. The predicted octanol–water partition coefficient (Wildman–Crippen LogP) is 2.20. The van der Waals surface area contributed by atoms with Gasteiger partial charge in [-0.1, -0.05) is 11.3 Å². The number of carbonyl (C=O) groups is 1. The maximum Gasteiger partial charge on any atom is 0.315 e. The van der Waals surface area contributed by atoms with Gasteiger partial charge < -0.3 is 4.74 Å². The van der Waals surface area contributed by atoms with Gasteiger partial charge >= 0.3 is 5.97 Å². The summed E-state index contributed by atoms with van der Waals surface area (Å²) in [6.45, 7) is 9.19. The molecule has 1 heterocycles. The van der Waals surface area contributed by atoms with Crippen LogP contribution in [0.4, 0.5) is 0 Å². The van der Waals surface area contributed by atoms with Crippen molar-refractivity contribution in [3.8, 4) is 0 Å². The first-order chi connectivity index (χ1) is 8.10. The van der Waals surface area contributed by atoms with E-state index in [4.69, 9.17) is 4.74 Å². The number of esters is 1. The summed E-state index contributed by atoms with van der Waals surface area (Å²) in [5, 5.41) is 7.75. The molecule has 1 aromatic heterocycles. The minimum atomic E-state index is -0.690. The fourth-order valence-corrected chi connectivity index (χ4v) is 1.21. The molecule has 1 aromatic rings. The number of carbonyl (C=O) groups excluding carboxylic acids is 1. The summed E-state index contributed by atoms with van der Waals surface area (Å²) in [7, 11) is 1.79. The minimum absolute atomic E-state index is 0.254. The van der Waals surface area contributed by atoms with E-state index in [-0.39, 0.29) is 5.97 Å². The van der Waals surface area contributed by atoms with Crippen LogP contribution in [0.5, 0.6) is 0 Å². The third kappa shape index (κ3) is 4.31. The Morgan fingerprint density at radius 1 is 1.33 bits per heavy atom. The quantitative estimate of drug-likeness (QED) is 0.773. The molecule has 0 aliphatic carbocycles. The fraction of sp³-hybridized carbons (Fsp3) is 0.615. The zero-order valence-electron chi connectivity index (χ0n) is 11.9. The molecule has 0 aliphatic rings. The molecule has 0 amide bonds. The summed E-state index contributed by atoms with van der Waals surface area (Å²) in [6, 6.07) is 0. The Labute approximate surface area is 108 Å². The summed E-state index contributed by atoms with van der Waals surface area (Å²) in [6.07, 6.45) is 5.34. The molecule has 0 spiro atoms. The molecule has 1 rings (SSSR count). The van der Waals surface area contributed by atoms with Crippen LogP contribution in [0, 0.1) is 5.41 Å². The fourth-order valence-electron chi connectivity index (χ4n) is 1.21. The van der Waals surface area contributed by atoms with Crippen LogP contribution in [0.2, 0.25) is 0 Å². The van der Waals surface area contributed by atoms with E-state index in [0.717, 1.165) is 0 Å². The third-order valence-corrected chi connectivity index (χ3v) is 2.22. The predicted molar refractivity (Wildman–Crippen MR) is 69.7 cm³/mol. The van der Waals surface area contributed by atoms with E-state index < -0.39 is 11.0 Å². The summed E-state index contributed by atoms with van der Waals surface area (Å²) in [5.74, 6) is -0.254. The minimum Gasteiger partial charge on any atom is -0.459 e. The van der Waals surface area contributed by atoms with E-state index in [1.54, 1.807) is 30.1 Å². The van der Waals surface area contributed by atoms with Gasteiger partial charge in [0.15, 0.2) is 0 Å². The molecule has 0 radical (unpaired) electrons. The third-order valence-electron chi connectivity index (χ3n) is 2.22. The summed E-state index contributed by atoms with van der Waals surface area (Å²) in [5.41, 5.74) is -0.450. The molecule has 5 heteroatoms. The molecule has 0 aromatic carbocycles. The Bertz CT molecular complexity index is 453. The van der Waals surface area contributed by atoms with Gasteiger partial charge in [0.2, 0.25) is 0 Å². The molecule has 18 heavy (non-hydrogen) atoms. The maximum atomic E-state index is 12.0. The van der Waals surface area contributed by atoms with Crippen molar-refractivity contribution in [1.29, 1.82) is 0 Å². The molecule has 0 N–H and O–H groups in total. The second-order valence-electron chi connectivity index (χ2n) is 5.87. The van der Waals surface area contributed by atoms with E-state index in [1.165, 1.54) is 0 Å². The lowest BCUT2D eigenvalue weighted by molar-refractivity contribution is -0.162. The van der Waals surface area contributed by atoms with Crippen LogP contribution < -0.4 is 0 Å². The average molecular weight is 251 g/mol. The van der Waals surface area contributed by atoms with Crippen LogP contribution in [0.15, 0.2) is 12.3 Å². The first-order valence-corrected chi connectivity index (χ1v) is 5.89. The van der Waals surface area contributed by atoms with Crippen molar-refractivity contribution in [2.45, 2.75) is 40.2 Å². The lowest BCUT2D eigenvalue weighted by Crippen LogP contribution is -2.32. The van der Waals surface area contributed by atoms with Crippen molar-refractivity contribution >= 4 is 12.0 Å². The Hall–Kier alpha value is -1.65. The first kappa shape index (κ1) is 14.4. The second kappa shape index (κ2) is 4.92. The molecule has 5 nitrogen and oxygen atoms in total. The molecule has 100 valence electrons. The van der Waals surface area contributed by atoms with Crippen molar-refractivity contribution in [1.82, 2.24) is 15.0 Å². The van der Waals surface area contributed by atoms with E-state index in [0.29, 0.717) is 5.69 Å². The molecular formula is C13H21N3O2. The van der Waals surface area contributed by atoms with Crippen molar-refractivity contribution in [3.05, 3.63) is 18.0 Å². The number of hydrogen-bond acceptors (Lipinski definition) is 4. The lowest BCUT2D eigenvalue weighted by Gasteiger charge is -2.26. The van der Waals surface area contributed by atoms with Crippen molar-refractivity contribution < 1.29 is 9.53 Å². The highest BCUT2D eigenvalue weighted by Gasteiger charge is 2.30. The van der Waals surface area contributed by atoms with Gasteiger partial charge in [-0.3, -0.25) is 9.48 Å². The van der Waals surface area contributed by atoms with Crippen molar-refractivity contribution in [2.75, 3.05) is 0 Å². The lowest BCUT2D eigenvalue weighted by atomic mass is 9.92. The molecular weight excluding hydrogens is 230 g/mol. The van der Waals surface area contributed by atoms with Gasteiger partial charge in [0.1, 0.15) is 11.3 Å². The van der Waals surface area contributed by atoms with Crippen LogP contribution in [-0.2, 0) is 16.6 Å². The van der Waals surface area contributed by atoms with Gasteiger partial charge in [0, 0.05) is 7.05 Å². The standard InChI is InChI=1S/C13H21N3O2/c1-12(2,3)18-11(17)13(4,5)8-7-10-9-16(6)15-14-10/h7-9H,1-6H3/b8-7+. The van der Waals surface area contributed by atoms with Gasteiger partial charge in [-0.2, -0.15) is 0 Å². The van der Waals surface area contributed by atoms with Gasteiger partial charge in [0.25, 0.3) is 0 Å². The van der Waals surface area contributed by atoms with Crippen LogP contribution in [0.1, 0.15) is 40.3 Å². The molecule has 0 saturated heterocycles. The van der Waals surface area contributed by atoms with E-state index >= 15 is 0 Å². The molecule has 0 saturated carbocycles. The highest BCUT2D eigenvalue weighted by Crippen LogP contribution is 2.23. The molecule has 0 aliphatic heterocycles. The SMILES string of the molecule is Cn1cc(/C=C/C(C)(C)C(=O)OC(C)(C)C)nn1. The zero-order chi connectivity index (χ0) is 14.0. The van der Waals surface area contributed by atoms with E-state index in [9.17, 15) is 4.79 Å². The molecule has 0 fully saturated rings. The number of ether oxygens (including phenoxy) is 1. The normalized spacial score (nSPS) is 13.0. The number of hydrogen-bond donors (Lipinski definition) is 0. The van der Waals surface area contributed by atoms with Gasteiger partial charge in [-0.05, 0) is 40.7 Å². The number of rotatable bonds is 3.